The Balaban J connectivity index is 2.15. The highest BCUT2D eigenvalue weighted by atomic mass is 32.1. The summed E-state index contributed by atoms with van der Waals surface area (Å²) >= 11 is 1.39. The first-order chi connectivity index (χ1) is 9.08. The second-order valence-electron chi connectivity index (χ2n) is 4.68. The lowest BCUT2D eigenvalue weighted by molar-refractivity contribution is -0.119. The van der Waals surface area contributed by atoms with Gasteiger partial charge < -0.3 is 0 Å². The molecule has 100 valence electrons. The average Bonchev–Trinajstić information content (AvgIpc) is 2.87. The number of carbonyl (C=O) groups is 1. The molecule has 0 unspecified atom stereocenters. The van der Waals surface area contributed by atoms with Crippen LogP contribution in [0.2, 0.25) is 0 Å². The van der Waals surface area contributed by atoms with E-state index in [1.165, 1.54) is 11.3 Å². The normalized spacial score (nSPS) is 10.7. The molecule has 2 rings (SSSR count). The van der Waals surface area contributed by atoms with E-state index in [0.717, 1.165) is 10.6 Å². The van der Waals surface area contributed by atoms with Gasteiger partial charge in [0.25, 0.3) is 0 Å². The van der Waals surface area contributed by atoms with E-state index >= 15 is 0 Å². The summed E-state index contributed by atoms with van der Waals surface area (Å²) in [5.74, 6) is 0.393. The van der Waals surface area contributed by atoms with Crippen molar-refractivity contribution < 1.29 is 4.79 Å². The van der Waals surface area contributed by atoms with Crippen LogP contribution in [-0.4, -0.2) is 28.1 Å². The van der Waals surface area contributed by atoms with E-state index in [2.05, 4.69) is 15.2 Å². The van der Waals surface area contributed by atoms with Crippen molar-refractivity contribution in [3.05, 3.63) is 24.5 Å². The van der Waals surface area contributed by atoms with Gasteiger partial charge in [-0.3, -0.25) is 14.7 Å². The minimum Gasteiger partial charge on any atom is -0.290 e. The van der Waals surface area contributed by atoms with Crippen molar-refractivity contribution >= 4 is 22.4 Å². The van der Waals surface area contributed by atoms with Crippen LogP contribution in [0.15, 0.2) is 24.5 Å². The van der Waals surface area contributed by atoms with Gasteiger partial charge in [0.1, 0.15) is 0 Å². The molecule has 0 fully saturated rings. The number of hydrogen-bond donors (Lipinski definition) is 0. The van der Waals surface area contributed by atoms with E-state index < -0.39 is 0 Å². The minimum absolute atomic E-state index is 0.0592. The smallest absolute Gasteiger partial charge is 0.228 e. The first-order valence-electron chi connectivity index (χ1n) is 6.08. The minimum atomic E-state index is 0.0592. The summed E-state index contributed by atoms with van der Waals surface area (Å²) in [4.78, 5) is 17.6. The van der Waals surface area contributed by atoms with Gasteiger partial charge in [-0.2, -0.15) is 0 Å². The van der Waals surface area contributed by atoms with Crippen molar-refractivity contribution in [2.24, 2.45) is 5.92 Å². The first-order valence-corrected chi connectivity index (χ1v) is 6.90. The third kappa shape index (κ3) is 3.35. The fourth-order valence-corrected chi connectivity index (χ4v) is 2.36. The van der Waals surface area contributed by atoms with Gasteiger partial charge in [0.2, 0.25) is 11.0 Å². The van der Waals surface area contributed by atoms with E-state index in [0.29, 0.717) is 17.5 Å². The van der Waals surface area contributed by atoms with Crippen molar-refractivity contribution in [2.45, 2.75) is 20.3 Å². The molecule has 19 heavy (non-hydrogen) atoms. The fraction of sp³-hybridized carbons (Fsp3) is 0.385. The molecule has 2 heterocycles. The standard InChI is InChI=1S/C13H16N4OS/c1-9(2)7-11(18)17(3)13-16-15-12(19-13)10-5-4-6-14-8-10/h4-6,8-9H,7H2,1-3H3. The summed E-state index contributed by atoms with van der Waals surface area (Å²) in [6, 6.07) is 3.78. The van der Waals surface area contributed by atoms with E-state index in [-0.39, 0.29) is 5.91 Å². The number of nitrogens with zero attached hydrogens (tertiary/aromatic N) is 4. The summed E-state index contributed by atoms with van der Waals surface area (Å²) in [6.07, 6.45) is 3.96. The Hall–Kier alpha value is -1.82. The van der Waals surface area contributed by atoms with Gasteiger partial charge in [-0.15, -0.1) is 10.2 Å². The second kappa shape index (κ2) is 5.88. The van der Waals surface area contributed by atoms with Crippen LogP contribution in [0.1, 0.15) is 20.3 Å². The molecule has 0 saturated heterocycles. The molecule has 5 nitrogen and oxygen atoms in total. The lowest BCUT2D eigenvalue weighted by Crippen LogP contribution is -2.27. The predicted octanol–water partition coefficient (Wildman–Crippen LogP) is 2.61. The Kier molecular flexibility index (Phi) is 4.21. The van der Waals surface area contributed by atoms with Crippen molar-refractivity contribution in [1.29, 1.82) is 0 Å². The number of anilines is 1. The molecule has 0 atom stereocenters. The van der Waals surface area contributed by atoms with Crippen LogP contribution in [-0.2, 0) is 4.79 Å². The topological polar surface area (TPSA) is 59.0 Å². The molecule has 2 aromatic rings. The zero-order valence-electron chi connectivity index (χ0n) is 11.2. The van der Waals surface area contributed by atoms with Crippen LogP contribution in [0.3, 0.4) is 0 Å². The maximum absolute atomic E-state index is 12.0. The molecule has 0 saturated carbocycles. The summed E-state index contributed by atoms with van der Waals surface area (Å²) < 4.78 is 0. The number of hydrogen-bond acceptors (Lipinski definition) is 5. The molecular formula is C13H16N4OS. The maximum atomic E-state index is 12.0. The summed E-state index contributed by atoms with van der Waals surface area (Å²) in [5, 5.41) is 9.56. The lowest BCUT2D eigenvalue weighted by atomic mass is 10.1. The van der Waals surface area contributed by atoms with Crippen LogP contribution >= 0.6 is 11.3 Å². The summed E-state index contributed by atoms with van der Waals surface area (Å²) in [7, 11) is 1.73. The van der Waals surface area contributed by atoms with Crippen molar-refractivity contribution in [3.8, 4) is 10.6 Å². The number of amides is 1. The Morgan fingerprint density at radius 1 is 1.42 bits per heavy atom. The lowest BCUT2D eigenvalue weighted by Gasteiger charge is -2.14. The molecule has 0 aliphatic heterocycles. The molecule has 0 spiro atoms. The molecule has 6 heteroatoms. The maximum Gasteiger partial charge on any atom is 0.228 e. The van der Waals surface area contributed by atoms with Crippen molar-refractivity contribution in [2.75, 3.05) is 11.9 Å². The van der Waals surface area contributed by atoms with Crippen LogP contribution in [0.25, 0.3) is 10.6 Å². The Morgan fingerprint density at radius 3 is 2.84 bits per heavy atom. The van der Waals surface area contributed by atoms with Crippen LogP contribution in [0.5, 0.6) is 0 Å². The van der Waals surface area contributed by atoms with Gasteiger partial charge in [0.05, 0.1) is 0 Å². The van der Waals surface area contributed by atoms with Crippen molar-refractivity contribution in [3.63, 3.8) is 0 Å². The first kappa shape index (κ1) is 13.6. The molecule has 0 bridgehead atoms. The van der Waals surface area contributed by atoms with Crippen molar-refractivity contribution in [1.82, 2.24) is 15.2 Å². The molecule has 1 amide bonds. The molecule has 0 aliphatic carbocycles. The number of pyridine rings is 1. The summed E-state index contributed by atoms with van der Waals surface area (Å²) in [5.41, 5.74) is 0.913. The molecule has 0 radical (unpaired) electrons. The van der Waals surface area contributed by atoms with Crippen LogP contribution in [0, 0.1) is 5.92 Å². The quantitative estimate of drug-likeness (QED) is 0.861. The van der Waals surface area contributed by atoms with Gasteiger partial charge in [-0.1, -0.05) is 25.2 Å². The highest BCUT2D eigenvalue weighted by Crippen LogP contribution is 2.27. The van der Waals surface area contributed by atoms with Gasteiger partial charge in [0, 0.05) is 31.4 Å². The number of aromatic nitrogens is 3. The zero-order chi connectivity index (χ0) is 13.8. The highest BCUT2D eigenvalue weighted by molar-refractivity contribution is 7.18. The molecular weight excluding hydrogens is 260 g/mol. The highest BCUT2D eigenvalue weighted by Gasteiger charge is 2.17. The van der Waals surface area contributed by atoms with Gasteiger partial charge in [-0.05, 0) is 18.1 Å². The van der Waals surface area contributed by atoms with E-state index in [9.17, 15) is 4.79 Å². The van der Waals surface area contributed by atoms with Crippen LogP contribution in [0.4, 0.5) is 5.13 Å². The number of rotatable bonds is 4. The Morgan fingerprint density at radius 2 is 2.21 bits per heavy atom. The fourth-order valence-electron chi connectivity index (χ4n) is 1.55. The summed E-state index contributed by atoms with van der Waals surface area (Å²) in [6.45, 7) is 4.04. The Labute approximate surface area is 116 Å². The third-order valence-corrected chi connectivity index (χ3v) is 3.62. The Bertz CT molecular complexity index is 553. The van der Waals surface area contributed by atoms with Crippen LogP contribution < -0.4 is 4.90 Å². The molecule has 0 N–H and O–H groups in total. The SMILES string of the molecule is CC(C)CC(=O)N(C)c1nnc(-c2cccnc2)s1. The molecule has 0 aliphatic rings. The third-order valence-electron chi connectivity index (χ3n) is 2.57. The zero-order valence-corrected chi connectivity index (χ0v) is 12.0. The van der Waals surface area contributed by atoms with Gasteiger partial charge >= 0.3 is 0 Å². The second-order valence-corrected chi connectivity index (χ2v) is 5.64. The van der Waals surface area contributed by atoms with E-state index in [1.54, 1.807) is 24.3 Å². The predicted molar refractivity (Wildman–Crippen MR) is 76.0 cm³/mol. The average molecular weight is 276 g/mol. The molecule has 0 aromatic carbocycles. The monoisotopic (exact) mass is 276 g/mol. The molecule has 2 aromatic heterocycles. The number of carbonyl (C=O) groups excluding carboxylic acids is 1. The van der Waals surface area contributed by atoms with E-state index in [4.69, 9.17) is 0 Å². The van der Waals surface area contributed by atoms with Gasteiger partial charge in [-0.25, -0.2) is 0 Å². The van der Waals surface area contributed by atoms with E-state index in [1.807, 2.05) is 26.0 Å². The largest absolute Gasteiger partial charge is 0.290 e. The van der Waals surface area contributed by atoms with Gasteiger partial charge in [0.15, 0.2) is 5.01 Å².